The average molecular weight is 395 g/mol. The molecule has 2 aromatic carbocycles. The first-order valence-electron chi connectivity index (χ1n) is 9.75. The Bertz CT molecular complexity index is 900. The highest BCUT2D eigenvalue weighted by Crippen LogP contribution is 2.35. The zero-order chi connectivity index (χ0) is 20.4. The number of benzene rings is 2. The monoisotopic (exact) mass is 395 g/mol. The van der Waals surface area contributed by atoms with E-state index in [1.165, 1.54) is 0 Å². The number of anilines is 1. The molecule has 2 aliphatic rings. The summed E-state index contributed by atoms with van der Waals surface area (Å²) in [5.41, 5.74) is 1.79. The van der Waals surface area contributed by atoms with Crippen molar-refractivity contribution in [2.24, 2.45) is 0 Å². The summed E-state index contributed by atoms with van der Waals surface area (Å²) < 4.78 is 10.9. The highest BCUT2D eigenvalue weighted by atomic mass is 16.7. The standard InChI is InChI=1S/C22H25N3O4/c1-24(2)18(15-8-10-19-20(12-15)29-14-28-19)13-23-22(27)17-9-11-21(26)25(17)16-6-4-3-5-7-16/h3-8,10,12,17-18H,9,11,13-14H2,1-2H3,(H,23,27). The van der Waals surface area contributed by atoms with E-state index in [-0.39, 0.29) is 24.6 Å². The van der Waals surface area contributed by atoms with Crippen LogP contribution < -0.4 is 19.7 Å². The Labute approximate surface area is 170 Å². The van der Waals surface area contributed by atoms with E-state index >= 15 is 0 Å². The van der Waals surface area contributed by atoms with Gasteiger partial charge in [-0.3, -0.25) is 14.5 Å². The summed E-state index contributed by atoms with van der Waals surface area (Å²) in [5, 5.41) is 3.05. The van der Waals surface area contributed by atoms with Crippen LogP contribution in [0, 0.1) is 0 Å². The predicted molar refractivity (Wildman–Crippen MR) is 109 cm³/mol. The quantitative estimate of drug-likeness (QED) is 0.813. The first-order chi connectivity index (χ1) is 14.0. The highest BCUT2D eigenvalue weighted by molar-refractivity contribution is 6.03. The maximum atomic E-state index is 13.0. The lowest BCUT2D eigenvalue weighted by Gasteiger charge is -2.28. The maximum absolute atomic E-state index is 13.0. The van der Waals surface area contributed by atoms with Crippen LogP contribution in [0.1, 0.15) is 24.4 Å². The lowest BCUT2D eigenvalue weighted by molar-refractivity contribution is -0.124. The number of likely N-dealkylation sites (N-methyl/N-ethyl adjacent to an activating group) is 1. The van der Waals surface area contributed by atoms with E-state index in [0.717, 1.165) is 22.7 Å². The molecule has 0 radical (unpaired) electrons. The molecular weight excluding hydrogens is 370 g/mol. The van der Waals surface area contributed by atoms with Crippen LogP contribution in [0.2, 0.25) is 0 Å². The molecule has 29 heavy (non-hydrogen) atoms. The maximum Gasteiger partial charge on any atom is 0.243 e. The Morgan fingerprint density at radius 2 is 1.93 bits per heavy atom. The fourth-order valence-corrected chi connectivity index (χ4v) is 3.88. The van der Waals surface area contributed by atoms with Crippen molar-refractivity contribution in [3.05, 3.63) is 54.1 Å². The first kappa shape index (κ1) is 19.3. The third kappa shape index (κ3) is 3.91. The Kier molecular flexibility index (Phi) is 5.40. The van der Waals surface area contributed by atoms with Crippen molar-refractivity contribution < 1.29 is 19.1 Å². The number of para-hydroxylation sites is 1. The molecule has 0 saturated carbocycles. The third-order valence-corrected chi connectivity index (χ3v) is 5.42. The third-order valence-electron chi connectivity index (χ3n) is 5.42. The number of carbonyl (C=O) groups is 2. The molecule has 1 saturated heterocycles. The molecule has 1 fully saturated rings. The molecule has 2 heterocycles. The van der Waals surface area contributed by atoms with E-state index in [1.54, 1.807) is 4.90 Å². The fraction of sp³-hybridized carbons (Fsp3) is 0.364. The van der Waals surface area contributed by atoms with Gasteiger partial charge in [0.05, 0.1) is 6.04 Å². The minimum absolute atomic E-state index is 0.0173. The van der Waals surface area contributed by atoms with Gasteiger partial charge in [-0.15, -0.1) is 0 Å². The second-order valence-electron chi connectivity index (χ2n) is 7.49. The molecule has 2 amide bonds. The number of ether oxygens (including phenoxy) is 2. The summed E-state index contributed by atoms with van der Waals surface area (Å²) >= 11 is 0. The van der Waals surface area contributed by atoms with Crippen LogP contribution in [-0.4, -0.2) is 50.2 Å². The van der Waals surface area contributed by atoms with Crippen molar-refractivity contribution in [3.8, 4) is 11.5 Å². The summed E-state index contributed by atoms with van der Waals surface area (Å²) in [7, 11) is 3.94. The Hall–Kier alpha value is -3.06. The average Bonchev–Trinajstić information content (AvgIpc) is 3.34. The number of hydrogen-bond acceptors (Lipinski definition) is 5. The minimum atomic E-state index is -0.482. The van der Waals surface area contributed by atoms with Gasteiger partial charge in [-0.2, -0.15) is 0 Å². The van der Waals surface area contributed by atoms with Crippen LogP contribution in [-0.2, 0) is 9.59 Å². The van der Waals surface area contributed by atoms with E-state index < -0.39 is 6.04 Å². The van der Waals surface area contributed by atoms with Gasteiger partial charge < -0.3 is 19.7 Å². The van der Waals surface area contributed by atoms with Crippen LogP contribution >= 0.6 is 0 Å². The molecule has 1 N–H and O–H groups in total. The van der Waals surface area contributed by atoms with Crippen molar-refractivity contribution in [2.45, 2.75) is 24.9 Å². The van der Waals surface area contributed by atoms with Crippen LogP contribution in [0.25, 0.3) is 0 Å². The minimum Gasteiger partial charge on any atom is -0.454 e. The molecule has 7 nitrogen and oxygen atoms in total. The van der Waals surface area contributed by atoms with Gasteiger partial charge in [0.1, 0.15) is 6.04 Å². The molecule has 7 heteroatoms. The van der Waals surface area contributed by atoms with Gasteiger partial charge in [0.2, 0.25) is 18.6 Å². The molecule has 2 aromatic rings. The molecule has 0 bridgehead atoms. The Balaban J connectivity index is 1.46. The summed E-state index contributed by atoms with van der Waals surface area (Å²) in [6, 6.07) is 14.7. The zero-order valence-corrected chi connectivity index (χ0v) is 16.6. The summed E-state index contributed by atoms with van der Waals surface area (Å²) in [5.74, 6) is 1.30. The largest absolute Gasteiger partial charge is 0.454 e. The van der Waals surface area contributed by atoms with Gasteiger partial charge in [-0.05, 0) is 50.3 Å². The number of nitrogens with one attached hydrogen (secondary N) is 1. The molecule has 2 unspecified atom stereocenters. The molecular formula is C22H25N3O4. The number of amides is 2. The second-order valence-corrected chi connectivity index (χ2v) is 7.49. The van der Waals surface area contributed by atoms with Crippen LogP contribution in [0.5, 0.6) is 11.5 Å². The van der Waals surface area contributed by atoms with Crippen LogP contribution in [0.3, 0.4) is 0 Å². The number of carbonyl (C=O) groups excluding carboxylic acids is 2. The molecule has 0 spiro atoms. The van der Waals surface area contributed by atoms with Crippen molar-refractivity contribution in [3.63, 3.8) is 0 Å². The van der Waals surface area contributed by atoms with Gasteiger partial charge in [0, 0.05) is 18.7 Å². The number of hydrogen-bond donors (Lipinski definition) is 1. The van der Waals surface area contributed by atoms with Gasteiger partial charge >= 0.3 is 0 Å². The lowest BCUT2D eigenvalue weighted by atomic mass is 10.0. The van der Waals surface area contributed by atoms with Crippen molar-refractivity contribution in [1.29, 1.82) is 0 Å². The molecule has 2 atom stereocenters. The Morgan fingerprint density at radius 3 is 2.69 bits per heavy atom. The smallest absolute Gasteiger partial charge is 0.243 e. The van der Waals surface area contributed by atoms with Gasteiger partial charge in [-0.25, -0.2) is 0 Å². The van der Waals surface area contributed by atoms with Crippen LogP contribution in [0.15, 0.2) is 48.5 Å². The van der Waals surface area contributed by atoms with Crippen molar-refractivity contribution in [2.75, 3.05) is 32.3 Å². The van der Waals surface area contributed by atoms with Gasteiger partial charge in [-0.1, -0.05) is 24.3 Å². The molecule has 2 aliphatic heterocycles. The molecule has 4 rings (SSSR count). The van der Waals surface area contributed by atoms with Crippen LogP contribution in [0.4, 0.5) is 5.69 Å². The summed E-state index contributed by atoms with van der Waals surface area (Å²) in [4.78, 5) is 29.0. The van der Waals surface area contributed by atoms with Gasteiger partial charge in [0.25, 0.3) is 0 Å². The molecule has 0 aromatic heterocycles. The first-order valence-corrected chi connectivity index (χ1v) is 9.75. The normalized spacial score (nSPS) is 18.9. The number of fused-ring (bicyclic) bond motifs is 1. The predicted octanol–water partition coefficient (Wildman–Crippen LogP) is 2.33. The van der Waals surface area contributed by atoms with E-state index in [9.17, 15) is 9.59 Å². The van der Waals surface area contributed by atoms with Crippen molar-refractivity contribution >= 4 is 17.5 Å². The van der Waals surface area contributed by atoms with Crippen molar-refractivity contribution in [1.82, 2.24) is 10.2 Å². The topological polar surface area (TPSA) is 71.1 Å². The zero-order valence-electron chi connectivity index (χ0n) is 16.6. The van der Waals surface area contributed by atoms with E-state index in [4.69, 9.17) is 9.47 Å². The SMILES string of the molecule is CN(C)C(CNC(=O)C1CCC(=O)N1c1ccccc1)c1ccc2c(c1)OCO2. The van der Waals surface area contributed by atoms with E-state index in [0.29, 0.717) is 19.4 Å². The number of nitrogens with zero attached hydrogens (tertiary/aromatic N) is 2. The number of rotatable bonds is 6. The lowest BCUT2D eigenvalue weighted by Crippen LogP contribution is -2.46. The Morgan fingerprint density at radius 1 is 1.17 bits per heavy atom. The molecule has 152 valence electrons. The van der Waals surface area contributed by atoms with E-state index in [1.807, 2.05) is 67.5 Å². The molecule has 0 aliphatic carbocycles. The van der Waals surface area contributed by atoms with E-state index in [2.05, 4.69) is 5.32 Å². The highest BCUT2D eigenvalue weighted by Gasteiger charge is 2.37. The van der Waals surface area contributed by atoms with Gasteiger partial charge in [0.15, 0.2) is 11.5 Å². The summed E-state index contributed by atoms with van der Waals surface area (Å²) in [6.07, 6.45) is 0.905. The fourth-order valence-electron chi connectivity index (χ4n) is 3.88. The second kappa shape index (κ2) is 8.13. The summed E-state index contributed by atoms with van der Waals surface area (Å²) in [6.45, 7) is 0.659.